The Kier molecular flexibility index (Phi) is 5.36. The summed E-state index contributed by atoms with van der Waals surface area (Å²) < 4.78 is 28.9. The second-order valence-electron chi connectivity index (χ2n) is 3.43. The van der Waals surface area contributed by atoms with E-state index in [4.69, 9.17) is 0 Å². The molecule has 1 aromatic carbocycles. The smallest absolute Gasteiger partial charge is 0.339 e. The van der Waals surface area contributed by atoms with E-state index in [9.17, 15) is 13.2 Å². The van der Waals surface area contributed by atoms with E-state index in [1.807, 2.05) is 0 Å². The summed E-state index contributed by atoms with van der Waals surface area (Å²) in [5, 5.41) is 0.326. The van der Waals surface area contributed by atoms with Gasteiger partial charge in [0.05, 0.1) is 23.3 Å². The van der Waals surface area contributed by atoms with E-state index in [-0.39, 0.29) is 10.6 Å². The van der Waals surface area contributed by atoms with Gasteiger partial charge in [0.2, 0.25) is 0 Å². The minimum absolute atomic E-state index is 0.0109. The van der Waals surface area contributed by atoms with E-state index < -0.39 is 15.8 Å². The molecule has 7 heteroatoms. The molecule has 0 aromatic heterocycles. The van der Waals surface area contributed by atoms with Crippen LogP contribution in [0.3, 0.4) is 0 Å². The Balaban J connectivity index is 3.53. The monoisotopic (exact) mass is 398 g/mol. The maximum atomic E-state index is 11.9. The molecule has 0 heterocycles. The summed E-state index contributed by atoms with van der Waals surface area (Å²) in [6.45, 7) is 1.58. The molecule has 0 radical (unpaired) electrons. The maximum absolute atomic E-state index is 11.9. The predicted molar refractivity (Wildman–Crippen MR) is 75.8 cm³/mol. The molecule has 0 amide bonds. The Bertz CT molecular complexity index is 567. The first-order chi connectivity index (χ1) is 8.38. The first-order valence-electron chi connectivity index (χ1n) is 5.07. The van der Waals surface area contributed by atoms with Gasteiger partial charge < -0.3 is 4.74 Å². The molecule has 0 aliphatic carbocycles. The molecule has 0 aliphatic rings. The van der Waals surface area contributed by atoms with Crippen molar-refractivity contribution in [2.75, 3.05) is 12.9 Å². The van der Waals surface area contributed by atoms with E-state index in [0.29, 0.717) is 20.9 Å². The first-order valence-corrected chi connectivity index (χ1v) is 8.64. The van der Waals surface area contributed by atoms with Crippen LogP contribution in [0.2, 0.25) is 0 Å². The second kappa shape index (κ2) is 6.16. The van der Waals surface area contributed by atoms with Crippen molar-refractivity contribution in [3.05, 3.63) is 27.7 Å². The van der Waals surface area contributed by atoms with Crippen LogP contribution in [0, 0.1) is 0 Å². The molecule has 18 heavy (non-hydrogen) atoms. The van der Waals surface area contributed by atoms with E-state index in [2.05, 4.69) is 36.6 Å². The standard InChI is InChI=1S/C11H12Br2O4S/c1-3-18(15,16)9-5-4-7(11(14)17-2)10(13)8(9)6-12/h4-5H,3,6H2,1-2H3. The molecule has 1 aromatic rings. The summed E-state index contributed by atoms with van der Waals surface area (Å²) in [6, 6.07) is 2.89. The van der Waals surface area contributed by atoms with Gasteiger partial charge in [0, 0.05) is 9.80 Å². The van der Waals surface area contributed by atoms with Crippen LogP contribution < -0.4 is 0 Å². The molecule has 0 saturated heterocycles. The molecule has 0 atom stereocenters. The molecule has 0 saturated carbocycles. The average molecular weight is 400 g/mol. The largest absolute Gasteiger partial charge is 0.465 e. The number of ether oxygens (including phenoxy) is 1. The number of halogens is 2. The number of sulfone groups is 1. The van der Waals surface area contributed by atoms with Crippen molar-refractivity contribution in [2.45, 2.75) is 17.1 Å². The van der Waals surface area contributed by atoms with Gasteiger partial charge in [-0.2, -0.15) is 0 Å². The first kappa shape index (κ1) is 15.7. The summed E-state index contributed by atoms with van der Waals surface area (Å²) in [6.07, 6.45) is 0. The van der Waals surface area contributed by atoms with Crippen molar-refractivity contribution in [2.24, 2.45) is 0 Å². The molecule has 0 fully saturated rings. The Morgan fingerprint density at radius 3 is 2.44 bits per heavy atom. The van der Waals surface area contributed by atoms with Crippen molar-refractivity contribution in [1.29, 1.82) is 0 Å². The minimum Gasteiger partial charge on any atom is -0.465 e. The molecule has 0 N–H and O–H groups in total. The van der Waals surface area contributed by atoms with Crippen molar-refractivity contribution in [3.63, 3.8) is 0 Å². The van der Waals surface area contributed by atoms with Crippen molar-refractivity contribution in [1.82, 2.24) is 0 Å². The van der Waals surface area contributed by atoms with E-state index in [0.717, 1.165) is 0 Å². The molecule has 1 rings (SSSR count). The lowest BCUT2D eigenvalue weighted by Crippen LogP contribution is -2.10. The van der Waals surface area contributed by atoms with E-state index in [1.54, 1.807) is 6.92 Å². The van der Waals surface area contributed by atoms with Crippen molar-refractivity contribution >= 4 is 47.7 Å². The van der Waals surface area contributed by atoms with Crippen molar-refractivity contribution < 1.29 is 17.9 Å². The van der Waals surface area contributed by atoms with Gasteiger partial charge in [-0.3, -0.25) is 0 Å². The van der Waals surface area contributed by atoms with Gasteiger partial charge in [0.25, 0.3) is 0 Å². The zero-order chi connectivity index (χ0) is 13.9. The number of carbonyl (C=O) groups is 1. The fraction of sp³-hybridized carbons (Fsp3) is 0.364. The zero-order valence-electron chi connectivity index (χ0n) is 9.87. The summed E-state index contributed by atoms with van der Waals surface area (Å²) in [5.41, 5.74) is 0.835. The number of esters is 1. The summed E-state index contributed by atoms with van der Waals surface area (Å²) in [7, 11) is -2.05. The Hall–Kier alpha value is -0.400. The molecule has 4 nitrogen and oxygen atoms in total. The van der Waals surface area contributed by atoms with E-state index >= 15 is 0 Å². The lowest BCUT2D eigenvalue weighted by Gasteiger charge is -2.12. The highest BCUT2D eigenvalue weighted by molar-refractivity contribution is 9.10. The van der Waals surface area contributed by atoms with Gasteiger partial charge in [-0.25, -0.2) is 13.2 Å². The molecule has 0 bridgehead atoms. The average Bonchev–Trinajstić information content (AvgIpc) is 2.37. The lowest BCUT2D eigenvalue weighted by atomic mass is 10.1. The van der Waals surface area contributed by atoms with Crippen molar-refractivity contribution in [3.8, 4) is 0 Å². The van der Waals surface area contributed by atoms with Gasteiger partial charge in [0.1, 0.15) is 0 Å². The lowest BCUT2D eigenvalue weighted by molar-refractivity contribution is 0.0599. The fourth-order valence-corrected chi connectivity index (χ4v) is 4.50. The topological polar surface area (TPSA) is 60.4 Å². The Morgan fingerprint density at radius 2 is 2.00 bits per heavy atom. The highest BCUT2D eigenvalue weighted by Gasteiger charge is 2.22. The van der Waals surface area contributed by atoms with Gasteiger partial charge >= 0.3 is 5.97 Å². The maximum Gasteiger partial charge on any atom is 0.339 e. The highest BCUT2D eigenvalue weighted by Crippen LogP contribution is 2.31. The third-order valence-electron chi connectivity index (χ3n) is 2.45. The number of benzene rings is 1. The van der Waals surface area contributed by atoms with Crippen LogP contribution in [-0.4, -0.2) is 27.2 Å². The van der Waals surface area contributed by atoms with Crippen LogP contribution in [0.4, 0.5) is 0 Å². The molecular formula is C11H12Br2O4S. The molecule has 0 aliphatic heterocycles. The van der Waals surface area contributed by atoms with E-state index in [1.165, 1.54) is 19.2 Å². The predicted octanol–water partition coefficient (Wildman–Crippen LogP) is 2.92. The summed E-state index contributed by atoms with van der Waals surface area (Å²) in [5.74, 6) is -0.499. The van der Waals surface area contributed by atoms with Crippen LogP contribution in [0.1, 0.15) is 22.8 Å². The Morgan fingerprint density at radius 1 is 1.39 bits per heavy atom. The minimum atomic E-state index is -3.32. The van der Waals surface area contributed by atoms with Crippen LogP contribution in [0.5, 0.6) is 0 Å². The third-order valence-corrected chi connectivity index (χ3v) is 5.73. The Labute approximate surface area is 123 Å². The molecule has 100 valence electrons. The fourth-order valence-electron chi connectivity index (χ4n) is 1.44. The third kappa shape index (κ3) is 2.95. The van der Waals surface area contributed by atoms with Gasteiger partial charge in [-0.05, 0) is 33.6 Å². The number of hydrogen-bond donors (Lipinski definition) is 0. The van der Waals surface area contributed by atoms with Crippen LogP contribution in [-0.2, 0) is 19.9 Å². The summed E-state index contributed by atoms with van der Waals surface area (Å²) in [4.78, 5) is 11.7. The number of alkyl halides is 1. The number of methoxy groups -OCH3 is 1. The normalized spacial score (nSPS) is 11.3. The SMILES string of the molecule is CCS(=O)(=O)c1ccc(C(=O)OC)c(Br)c1CBr. The van der Waals surface area contributed by atoms with Gasteiger partial charge in [-0.1, -0.05) is 22.9 Å². The second-order valence-corrected chi connectivity index (χ2v) is 7.03. The molecule has 0 unspecified atom stereocenters. The number of hydrogen-bond acceptors (Lipinski definition) is 4. The summed E-state index contributed by atoms with van der Waals surface area (Å²) >= 11 is 6.50. The van der Waals surface area contributed by atoms with Crippen LogP contribution >= 0.6 is 31.9 Å². The number of rotatable bonds is 4. The highest BCUT2D eigenvalue weighted by atomic mass is 79.9. The molecule has 0 spiro atoms. The number of carbonyl (C=O) groups excluding carboxylic acids is 1. The van der Waals surface area contributed by atoms with Gasteiger partial charge in [0.15, 0.2) is 9.84 Å². The van der Waals surface area contributed by atoms with Gasteiger partial charge in [-0.15, -0.1) is 0 Å². The molecular weight excluding hydrogens is 388 g/mol. The van der Waals surface area contributed by atoms with Crippen LogP contribution in [0.25, 0.3) is 0 Å². The van der Waals surface area contributed by atoms with Crippen LogP contribution in [0.15, 0.2) is 21.5 Å². The quantitative estimate of drug-likeness (QED) is 0.576. The zero-order valence-corrected chi connectivity index (χ0v) is 13.9.